The molecule has 0 unspecified atom stereocenters. The Hall–Kier alpha value is -2.00. The highest BCUT2D eigenvalue weighted by Gasteiger charge is 2.07. The third-order valence-corrected chi connectivity index (χ3v) is 3.69. The maximum atomic E-state index is 9.71. The first kappa shape index (κ1) is 10.2. The SMILES string of the molecule is Oc1ccc(-c2[c]c3c(O)cccc3s2)cc1. The van der Waals surface area contributed by atoms with Gasteiger partial charge in [-0.3, -0.25) is 0 Å². The van der Waals surface area contributed by atoms with E-state index in [2.05, 4.69) is 6.07 Å². The molecule has 0 saturated heterocycles. The second-order valence-corrected chi connectivity index (χ2v) is 4.81. The van der Waals surface area contributed by atoms with Gasteiger partial charge in [-0.05, 0) is 42.0 Å². The molecule has 2 aromatic carbocycles. The summed E-state index contributed by atoms with van der Waals surface area (Å²) in [4.78, 5) is 0.960. The molecular formula is C14H9O2S. The zero-order chi connectivity index (χ0) is 11.8. The van der Waals surface area contributed by atoms with Crippen LogP contribution in [0.2, 0.25) is 0 Å². The quantitative estimate of drug-likeness (QED) is 0.680. The molecule has 0 aliphatic heterocycles. The van der Waals surface area contributed by atoms with Crippen molar-refractivity contribution in [2.75, 3.05) is 0 Å². The number of fused-ring (bicyclic) bond motifs is 1. The van der Waals surface area contributed by atoms with E-state index in [9.17, 15) is 10.2 Å². The Labute approximate surface area is 102 Å². The van der Waals surface area contributed by atoms with Crippen molar-refractivity contribution in [3.05, 3.63) is 48.5 Å². The van der Waals surface area contributed by atoms with Crippen molar-refractivity contribution in [1.29, 1.82) is 0 Å². The zero-order valence-corrected chi connectivity index (χ0v) is 9.66. The third kappa shape index (κ3) is 1.74. The van der Waals surface area contributed by atoms with E-state index in [-0.39, 0.29) is 11.5 Å². The summed E-state index contributed by atoms with van der Waals surface area (Å²) in [6.07, 6.45) is 0. The van der Waals surface area contributed by atoms with Gasteiger partial charge in [0.25, 0.3) is 0 Å². The molecule has 0 fully saturated rings. The topological polar surface area (TPSA) is 40.5 Å². The molecule has 3 rings (SSSR count). The Morgan fingerprint density at radius 1 is 0.941 bits per heavy atom. The van der Waals surface area contributed by atoms with E-state index in [1.54, 1.807) is 29.5 Å². The average Bonchev–Trinajstić information content (AvgIpc) is 2.75. The molecule has 0 aliphatic carbocycles. The molecule has 0 spiro atoms. The van der Waals surface area contributed by atoms with Crippen molar-refractivity contribution in [1.82, 2.24) is 0 Å². The molecule has 3 heteroatoms. The molecular weight excluding hydrogens is 232 g/mol. The van der Waals surface area contributed by atoms with E-state index in [0.29, 0.717) is 0 Å². The molecule has 3 aromatic rings. The molecule has 1 heterocycles. The van der Waals surface area contributed by atoms with Gasteiger partial charge in [0.2, 0.25) is 0 Å². The fourth-order valence-electron chi connectivity index (χ4n) is 1.72. The predicted octanol–water partition coefficient (Wildman–Crippen LogP) is 3.78. The number of hydrogen-bond acceptors (Lipinski definition) is 3. The first-order chi connectivity index (χ1) is 8.24. The minimum absolute atomic E-state index is 0.248. The Kier molecular flexibility index (Phi) is 2.27. The summed E-state index contributed by atoms with van der Waals surface area (Å²) in [5.41, 5.74) is 0.989. The van der Waals surface area contributed by atoms with Gasteiger partial charge in [-0.15, -0.1) is 11.3 Å². The van der Waals surface area contributed by atoms with Crippen LogP contribution >= 0.6 is 11.3 Å². The van der Waals surface area contributed by atoms with Gasteiger partial charge in [0, 0.05) is 21.0 Å². The number of rotatable bonds is 1. The van der Waals surface area contributed by atoms with Crippen LogP contribution in [0, 0.1) is 6.07 Å². The highest BCUT2D eigenvalue weighted by molar-refractivity contribution is 7.22. The number of hydrogen-bond donors (Lipinski definition) is 2. The lowest BCUT2D eigenvalue weighted by Gasteiger charge is -1.95. The molecule has 1 aromatic heterocycles. The molecule has 0 bridgehead atoms. The van der Waals surface area contributed by atoms with Gasteiger partial charge in [0.05, 0.1) is 0 Å². The lowest BCUT2D eigenvalue weighted by Crippen LogP contribution is -1.70. The minimum atomic E-state index is 0.248. The van der Waals surface area contributed by atoms with Crippen LogP contribution in [0.15, 0.2) is 42.5 Å². The summed E-state index contributed by atoms with van der Waals surface area (Å²) in [6.45, 7) is 0. The molecule has 2 N–H and O–H groups in total. The molecule has 83 valence electrons. The maximum absolute atomic E-state index is 9.71. The van der Waals surface area contributed by atoms with Crippen molar-refractivity contribution in [2.45, 2.75) is 0 Å². The lowest BCUT2D eigenvalue weighted by molar-refractivity contribution is 0.475. The number of phenolic OH excluding ortho intramolecular Hbond substituents is 2. The first-order valence-corrected chi connectivity index (χ1v) is 5.99. The van der Waals surface area contributed by atoms with Crippen LogP contribution in [-0.4, -0.2) is 10.2 Å². The molecule has 1 radical (unpaired) electrons. The molecule has 0 aliphatic rings. The predicted molar refractivity (Wildman–Crippen MR) is 69.4 cm³/mol. The van der Waals surface area contributed by atoms with E-state index >= 15 is 0 Å². The summed E-state index contributed by atoms with van der Waals surface area (Å²) >= 11 is 1.57. The molecule has 0 amide bonds. The summed E-state index contributed by atoms with van der Waals surface area (Å²) in [6, 6.07) is 15.6. The third-order valence-electron chi connectivity index (χ3n) is 2.58. The Bertz CT molecular complexity index is 668. The van der Waals surface area contributed by atoms with E-state index < -0.39 is 0 Å². The highest BCUT2D eigenvalue weighted by atomic mass is 32.1. The fraction of sp³-hybridized carbons (Fsp3) is 0. The van der Waals surface area contributed by atoms with Crippen molar-refractivity contribution < 1.29 is 10.2 Å². The van der Waals surface area contributed by atoms with Crippen molar-refractivity contribution in [3.63, 3.8) is 0 Å². The zero-order valence-electron chi connectivity index (χ0n) is 8.84. The van der Waals surface area contributed by atoms with Crippen LogP contribution in [0.5, 0.6) is 11.5 Å². The van der Waals surface area contributed by atoms with Crippen LogP contribution in [-0.2, 0) is 0 Å². The molecule has 0 atom stereocenters. The maximum Gasteiger partial charge on any atom is 0.124 e. The number of thiophene rings is 1. The summed E-state index contributed by atoms with van der Waals surface area (Å²) < 4.78 is 1.01. The van der Waals surface area contributed by atoms with Crippen LogP contribution in [0.25, 0.3) is 20.5 Å². The van der Waals surface area contributed by atoms with Crippen LogP contribution in [0.4, 0.5) is 0 Å². The number of aromatic hydroxyl groups is 2. The van der Waals surface area contributed by atoms with E-state index in [1.165, 1.54) is 0 Å². The summed E-state index contributed by atoms with van der Waals surface area (Å²) in [7, 11) is 0. The van der Waals surface area contributed by atoms with Crippen LogP contribution in [0.3, 0.4) is 0 Å². The van der Waals surface area contributed by atoms with Gasteiger partial charge in [0.1, 0.15) is 11.5 Å². The highest BCUT2D eigenvalue weighted by Crippen LogP contribution is 2.37. The fourth-order valence-corrected chi connectivity index (χ4v) is 2.75. The smallest absolute Gasteiger partial charge is 0.124 e. The van der Waals surface area contributed by atoms with Gasteiger partial charge in [-0.1, -0.05) is 6.07 Å². The lowest BCUT2D eigenvalue weighted by atomic mass is 10.1. The Morgan fingerprint density at radius 2 is 1.71 bits per heavy atom. The second-order valence-electron chi connectivity index (χ2n) is 3.75. The molecule has 17 heavy (non-hydrogen) atoms. The van der Waals surface area contributed by atoms with E-state index in [4.69, 9.17) is 0 Å². The monoisotopic (exact) mass is 241 g/mol. The van der Waals surface area contributed by atoms with Gasteiger partial charge >= 0.3 is 0 Å². The first-order valence-electron chi connectivity index (χ1n) is 5.17. The van der Waals surface area contributed by atoms with Crippen molar-refractivity contribution in [2.24, 2.45) is 0 Å². The Morgan fingerprint density at radius 3 is 2.41 bits per heavy atom. The van der Waals surface area contributed by atoms with E-state index in [0.717, 1.165) is 20.5 Å². The standard InChI is InChI=1S/C14H9O2S/c15-10-6-4-9(5-7-10)14-8-11-12(16)2-1-3-13(11)17-14/h1-7,15-16H. The summed E-state index contributed by atoms with van der Waals surface area (Å²) in [5.74, 6) is 0.501. The van der Waals surface area contributed by atoms with Crippen molar-refractivity contribution >= 4 is 21.4 Å². The minimum Gasteiger partial charge on any atom is -0.508 e. The Balaban J connectivity index is 2.18. The van der Waals surface area contributed by atoms with Gasteiger partial charge < -0.3 is 10.2 Å². The number of benzene rings is 2. The van der Waals surface area contributed by atoms with E-state index in [1.807, 2.05) is 24.3 Å². The summed E-state index contributed by atoms with van der Waals surface area (Å²) in [5, 5.41) is 19.7. The second kappa shape index (κ2) is 3.79. The molecule has 2 nitrogen and oxygen atoms in total. The molecule has 0 saturated carbocycles. The average molecular weight is 241 g/mol. The number of phenols is 2. The van der Waals surface area contributed by atoms with Crippen LogP contribution < -0.4 is 0 Å². The van der Waals surface area contributed by atoms with Crippen molar-refractivity contribution in [3.8, 4) is 21.9 Å². The van der Waals surface area contributed by atoms with Gasteiger partial charge in [-0.2, -0.15) is 0 Å². The van der Waals surface area contributed by atoms with Gasteiger partial charge in [-0.25, -0.2) is 0 Å². The largest absolute Gasteiger partial charge is 0.508 e. The van der Waals surface area contributed by atoms with Crippen LogP contribution in [0.1, 0.15) is 0 Å². The van der Waals surface area contributed by atoms with Gasteiger partial charge in [0.15, 0.2) is 0 Å². The normalized spacial score (nSPS) is 10.8.